The zero-order valence-corrected chi connectivity index (χ0v) is 10.4. The van der Waals surface area contributed by atoms with Crippen molar-refractivity contribution in [3.63, 3.8) is 0 Å². The quantitative estimate of drug-likeness (QED) is 0.740. The molecule has 3 heteroatoms. The third kappa shape index (κ3) is 2.87. The Bertz CT molecular complexity index is 476. The van der Waals surface area contributed by atoms with Crippen LogP contribution in [-0.2, 0) is 6.54 Å². The van der Waals surface area contributed by atoms with Gasteiger partial charge in [-0.15, -0.1) is 0 Å². The summed E-state index contributed by atoms with van der Waals surface area (Å²) < 4.78 is 0. The molecule has 0 radical (unpaired) electrons. The first kappa shape index (κ1) is 12.1. The minimum atomic E-state index is 0.164. The van der Waals surface area contributed by atoms with Crippen molar-refractivity contribution in [2.75, 3.05) is 6.61 Å². The van der Waals surface area contributed by atoms with Crippen molar-refractivity contribution >= 4 is 10.9 Å². The number of aromatic amines is 1. The van der Waals surface area contributed by atoms with Gasteiger partial charge in [0.1, 0.15) is 0 Å². The summed E-state index contributed by atoms with van der Waals surface area (Å²) >= 11 is 0. The van der Waals surface area contributed by atoms with Crippen molar-refractivity contribution in [2.24, 2.45) is 5.92 Å². The first-order valence-corrected chi connectivity index (χ1v) is 6.11. The van der Waals surface area contributed by atoms with E-state index in [9.17, 15) is 5.11 Å². The van der Waals surface area contributed by atoms with Gasteiger partial charge in [0.05, 0.1) is 6.61 Å². The van der Waals surface area contributed by atoms with Gasteiger partial charge in [0.15, 0.2) is 0 Å². The third-order valence-electron chi connectivity index (χ3n) is 3.19. The fourth-order valence-electron chi connectivity index (χ4n) is 1.97. The van der Waals surface area contributed by atoms with Gasteiger partial charge < -0.3 is 15.4 Å². The zero-order valence-electron chi connectivity index (χ0n) is 10.4. The summed E-state index contributed by atoms with van der Waals surface area (Å²) in [7, 11) is 0. The molecule has 92 valence electrons. The minimum absolute atomic E-state index is 0.164. The predicted octanol–water partition coefficient (Wildman–Crippen LogP) is 2.27. The molecule has 0 bridgehead atoms. The minimum Gasteiger partial charge on any atom is -0.395 e. The summed E-state index contributed by atoms with van der Waals surface area (Å²) in [5.74, 6) is 0.441. The Morgan fingerprint density at radius 1 is 1.29 bits per heavy atom. The molecular formula is C14H20N2O. The SMILES string of the molecule is CC(C)C(CO)NCc1ccc2[nH]ccc2c1. The van der Waals surface area contributed by atoms with Gasteiger partial charge in [0.2, 0.25) is 0 Å². The maximum absolute atomic E-state index is 9.25. The lowest BCUT2D eigenvalue weighted by atomic mass is 10.0. The monoisotopic (exact) mass is 232 g/mol. The molecule has 3 N–H and O–H groups in total. The molecule has 17 heavy (non-hydrogen) atoms. The van der Waals surface area contributed by atoms with Crippen LogP contribution in [0.2, 0.25) is 0 Å². The van der Waals surface area contributed by atoms with Crippen molar-refractivity contribution in [1.29, 1.82) is 0 Å². The topological polar surface area (TPSA) is 48.0 Å². The predicted molar refractivity (Wildman–Crippen MR) is 70.9 cm³/mol. The Balaban J connectivity index is 2.02. The molecule has 1 heterocycles. The number of rotatable bonds is 5. The summed E-state index contributed by atoms with van der Waals surface area (Å²) in [6, 6.07) is 8.62. The van der Waals surface area contributed by atoms with Crippen molar-refractivity contribution in [2.45, 2.75) is 26.4 Å². The van der Waals surface area contributed by atoms with Gasteiger partial charge in [-0.3, -0.25) is 0 Å². The molecule has 0 aliphatic carbocycles. The van der Waals surface area contributed by atoms with E-state index in [4.69, 9.17) is 0 Å². The number of aliphatic hydroxyl groups is 1. The van der Waals surface area contributed by atoms with Crippen LogP contribution in [0.5, 0.6) is 0 Å². The molecule has 3 nitrogen and oxygen atoms in total. The molecule has 0 saturated heterocycles. The van der Waals surface area contributed by atoms with Crippen molar-refractivity contribution in [1.82, 2.24) is 10.3 Å². The average Bonchev–Trinajstić information content (AvgIpc) is 2.76. The zero-order chi connectivity index (χ0) is 12.3. The number of benzene rings is 1. The second-order valence-corrected chi connectivity index (χ2v) is 4.81. The number of aromatic nitrogens is 1. The second kappa shape index (κ2) is 5.34. The van der Waals surface area contributed by atoms with Crippen LogP contribution in [-0.4, -0.2) is 22.7 Å². The molecule has 1 aromatic carbocycles. The first-order chi connectivity index (χ1) is 8.20. The largest absolute Gasteiger partial charge is 0.395 e. The molecular weight excluding hydrogens is 212 g/mol. The van der Waals surface area contributed by atoms with Crippen molar-refractivity contribution < 1.29 is 5.11 Å². The molecule has 0 amide bonds. The maximum atomic E-state index is 9.25. The fourth-order valence-corrected chi connectivity index (χ4v) is 1.97. The molecule has 0 aliphatic heterocycles. The smallest absolute Gasteiger partial charge is 0.0587 e. The van der Waals surface area contributed by atoms with Crippen LogP contribution in [0.15, 0.2) is 30.5 Å². The normalized spacial score (nSPS) is 13.4. The Labute approximate surface area is 102 Å². The van der Waals surface area contributed by atoms with Crippen LogP contribution < -0.4 is 5.32 Å². The average molecular weight is 232 g/mol. The highest BCUT2D eigenvalue weighted by atomic mass is 16.3. The van der Waals surface area contributed by atoms with E-state index in [1.54, 1.807) is 0 Å². The number of nitrogens with one attached hydrogen (secondary N) is 2. The van der Waals surface area contributed by atoms with E-state index in [0.29, 0.717) is 5.92 Å². The summed E-state index contributed by atoms with van der Waals surface area (Å²) in [6.45, 7) is 5.21. The van der Waals surface area contributed by atoms with Crippen LogP contribution >= 0.6 is 0 Å². The Kier molecular flexibility index (Phi) is 3.82. The van der Waals surface area contributed by atoms with Gasteiger partial charge in [-0.25, -0.2) is 0 Å². The number of hydrogen-bond donors (Lipinski definition) is 3. The standard InChI is InChI=1S/C14H20N2O/c1-10(2)14(9-17)16-8-11-3-4-13-12(7-11)5-6-15-13/h3-7,10,14-17H,8-9H2,1-2H3. The van der Waals surface area contributed by atoms with E-state index < -0.39 is 0 Å². The number of hydrogen-bond acceptors (Lipinski definition) is 2. The fraction of sp³-hybridized carbons (Fsp3) is 0.429. The molecule has 0 aliphatic rings. The van der Waals surface area contributed by atoms with E-state index in [2.05, 4.69) is 48.4 Å². The van der Waals surface area contributed by atoms with Crippen LogP contribution in [0.3, 0.4) is 0 Å². The molecule has 1 atom stereocenters. The molecule has 0 fully saturated rings. The summed E-state index contributed by atoms with van der Waals surface area (Å²) in [6.07, 6.45) is 1.95. The van der Waals surface area contributed by atoms with E-state index in [-0.39, 0.29) is 12.6 Å². The van der Waals surface area contributed by atoms with Crippen LogP contribution in [0.4, 0.5) is 0 Å². The van der Waals surface area contributed by atoms with Crippen molar-refractivity contribution in [3.8, 4) is 0 Å². The van der Waals surface area contributed by atoms with Gasteiger partial charge in [0, 0.05) is 24.3 Å². The molecule has 0 spiro atoms. The number of fused-ring (bicyclic) bond motifs is 1. The second-order valence-electron chi connectivity index (χ2n) is 4.81. The van der Waals surface area contributed by atoms with E-state index >= 15 is 0 Å². The highest BCUT2D eigenvalue weighted by Crippen LogP contribution is 2.14. The number of H-pyrrole nitrogens is 1. The lowest BCUT2D eigenvalue weighted by Gasteiger charge is -2.19. The summed E-state index contributed by atoms with van der Waals surface area (Å²) in [5, 5.41) is 13.9. The first-order valence-electron chi connectivity index (χ1n) is 6.11. The van der Waals surface area contributed by atoms with Crippen LogP contribution in [0.25, 0.3) is 10.9 Å². The van der Waals surface area contributed by atoms with E-state index in [0.717, 1.165) is 12.1 Å². The van der Waals surface area contributed by atoms with Gasteiger partial charge in [-0.05, 0) is 35.1 Å². The lowest BCUT2D eigenvalue weighted by Crippen LogP contribution is -2.36. The van der Waals surface area contributed by atoms with E-state index in [1.165, 1.54) is 10.9 Å². The van der Waals surface area contributed by atoms with Gasteiger partial charge >= 0.3 is 0 Å². The van der Waals surface area contributed by atoms with Crippen LogP contribution in [0.1, 0.15) is 19.4 Å². The number of aliphatic hydroxyl groups excluding tert-OH is 1. The lowest BCUT2D eigenvalue weighted by molar-refractivity contribution is 0.210. The molecule has 2 aromatic rings. The highest BCUT2D eigenvalue weighted by molar-refractivity contribution is 5.79. The molecule has 1 unspecified atom stereocenters. The Morgan fingerprint density at radius 2 is 2.12 bits per heavy atom. The van der Waals surface area contributed by atoms with Gasteiger partial charge in [-0.2, -0.15) is 0 Å². The third-order valence-corrected chi connectivity index (χ3v) is 3.19. The Morgan fingerprint density at radius 3 is 2.82 bits per heavy atom. The van der Waals surface area contributed by atoms with Crippen LogP contribution in [0, 0.1) is 5.92 Å². The van der Waals surface area contributed by atoms with Gasteiger partial charge in [0.25, 0.3) is 0 Å². The molecule has 0 saturated carbocycles. The highest BCUT2D eigenvalue weighted by Gasteiger charge is 2.10. The molecule has 2 rings (SSSR count). The van der Waals surface area contributed by atoms with E-state index in [1.807, 2.05) is 6.20 Å². The Hall–Kier alpha value is -1.32. The molecule has 1 aromatic heterocycles. The maximum Gasteiger partial charge on any atom is 0.0587 e. The summed E-state index contributed by atoms with van der Waals surface area (Å²) in [5.41, 5.74) is 2.41. The van der Waals surface area contributed by atoms with Gasteiger partial charge in [-0.1, -0.05) is 19.9 Å². The summed E-state index contributed by atoms with van der Waals surface area (Å²) in [4.78, 5) is 3.18. The van der Waals surface area contributed by atoms with Crippen molar-refractivity contribution in [3.05, 3.63) is 36.0 Å².